The molecular weight excluding hydrogens is 316 g/mol. The number of benzene rings is 2. The fraction of sp³-hybridized carbons (Fsp3) is 0.300. The van der Waals surface area contributed by atoms with E-state index in [1.165, 1.54) is 19.3 Å². The molecule has 0 saturated carbocycles. The van der Waals surface area contributed by atoms with Crippen molar-refractivity contribution in [2.75, 3.05) is 11.9 Å². The van der Waals surface area contributed by atoms with E-state index in [4.69, 9.17) is 10.5 Å². The van der Waals surface area contributed by atoms with E-state index in [2.05, 4.69) is 12.2 Å². The van der Waals surface area contributed by atoms with Crippen LogP contribution in [0, 0.1) is 0 Å². The second kappa shape index (κ2) is 9.47. The van der Waals surface area contributed by atoms with Crippen LogP contribution in [0.5, 0.6) is 5.75 Å². The zero-order chi connectivity index (χ0) is 18.1. The topological polar surface area (TPSA) is 81.4 Å². The Hall–Kier alpha value is -2.82. The van der Waals surface area contributed by atoms with Gasteiger partial charge in [-0.05, 0) is 55.0 Å². The highest BCUT2D eigenvalue weighted by Crippen LogP contribution is 2.15. The van der Waals surface area contributed by atoms with Crippen LogP contribution in [0.3, 0.4) is 0 Å². The van der Waals surface area contributed by atoms with Gasteiger partial charge in [-0.1, -0.05) is 26.2 Å². The van der Waals surface area contributed by atoms with Crippen LogP contribution < -0.4 is 15.8 Å². The highest BCUT2D eigenvalue weighted by molar-refractivity contribution is 6.04. The summed E-state index contributed by atoms with van der Waals surface area (Å²) in [5.41, 5.74) is 6.73. The molecule has 2 rings (SSSR count). The molecule has 0 aliphatic heterocycles. The Balaban J connectivity index is 1.86. The first-order valence-corrected chi connectivity index (χ1v) is 8.54. The number of hydrogen-bond donors (Lipinski definition) is 2. The summed E-state index contributed by atoms with van der Waals surface area (Å²) in [7, 11) is 0. The number of unbranched alkanes of at least 4 members (excludes halogenated alkanes) is 3. The number of ether oxygens (including phenoxy) is 1. The molecule has 2 amide bonds. The number of rotatable bonds is 9. The zero-order valence-corrected chi connectivity index (χ0v) is 14.5. The SMILES string of the molecule is CCCCCCOc1ccc(C(=O)Nc2ccc(C(N)=O)cc2)cc1. The molecule has 0 unspecified atom stereocenters. The summed E-state index contributed by atoms with van der Waals surface area (Å²) in [6.45, 7) is 2.87. The monoisotopic (exact) mass is 340 g/mol. The van der Waals surface area contributed by atoms with Gasteiger partial charge in [0.1, 0.15) is 5.75 Å². The lowest BCUT2D eigenvalue weighted by Gasteiger charge is -2.08. The van der Waals surface area contributed by atoms with Crippen molar-refractivity contribution < 1.29 is 14.3 Å². The van der Waals surface area contributed by atoms with E-state index >= 15 is 0 Å². The molecular formula is C20H24N2O3. The van der Waals surface area contributed by atoms with Crippen LogP contribution >= 0.6 is 0 Å². The molecule has 2 aromatic rings. The van der Waals surface area contributed by atoms with Crippen LogP contribution in [-0.4, -0.2) is 18.4 Å². The van der Waals surface area contributed by atoms with Crippen molar-refractivity contribution in [1.29, 1.82) is 0 Å². The summed E-state index contributed by atoms with van der Waals surface area (Å²) in [5.74, 6) is 0.0448. The summed E-state index contributed by atoms with van der Waals surface area (Å²) >= 11 is 0. The molecule has 5 heteroatoms. The summed E-state index contributed by atoms with van der Waals surface area (Å²) in [4.78, 5) is 23.3. The van der Waals surface area contributed by atoms with Gasteiger partial charge >= 0.3 is 0 Å². The Bertz CT molecular complexity index is 694. The number of carbonyl (C=O) groups is 2. The van der Waals surface area contributed by atoms with Crippen LogP contribution in [-0.2, 0) is 0 Å². The minimum absolute atomic E-state index is 0.221. The number of nitrogens with two attached hydrogens (primary N) is 1. The van der Waals surface area contributed by atoms with Crippen molar-refractivity contribution in [2.45, 2.75) is 32.6 Å². The van der Waals surface area contributed by atoms with Crippen molar-refractivity contribution in [3.05, 3.63) is 59.7 Å². The third-order valence-electron chi connectivity index (χ3n) is 3.81. The van der Waals surface area contributed by atoms with Crippen LogP contribution in [0.1, 0.15) is 53.3 Å². The van der Waals surface area contributed by atoms with Crippen molar-refractivity contribution in [1.82, 2.24) is 0 Å². The molecule has 0 aliphatic carbocycles. The summed E-state index contributed by atoms with van der Waals surface area (Å²) < 4.78 is 5.67. The number of anilines is 1. The van der Waals surface area contributed by atoms with E-state index in [0.717, 1.165) is 12.2 Å². The minimum Gasteiger partial charge on any atom is -0.494 e. The molecule has 2 aromatic carbocycles. The lowest BCUT2D eigenvalue weighted by Crippen LogP contribution is -2.13. The number of nitrogens with one attached hydrogen (secondary N) is 1. The lowest BCUT2D eigenvalue weighted by atomic mass is 10.1. The number of carbonyl (C=O) groups excluding carboxylic acids is 2. The van der Waals surface area contributed by atoms with Gasteiger partial charge in [0.2, 0.25) is 5.91 Å². The average Bonchev–Trinajstić information content (AvgIpc) is 2.62. The van der Waals surface area contributed by atoms with Crippen LogP contribution in [0.15, 0.2) is 48.5 Å². The van der Waals surface area contributed by atoms with Gasteiger partial charge in [-0.3, -0.25) is 9.59 Å². The third kappa shape index (κ3) is 5.95. The van der Waals surface area contributed by atoms with Crippen LogP contribution in [0.25, 0.3) is 0 Å². The third-order valence-corrected chi connectivity index (χ3v) is 3.81. The molecule has 5 nitrogen and oxygen atoms in total. The number of hydrogen-bond acceptors (Lipinski definition) is 3. The fourth-order valence-corrected chi connectivity index (χ4v) is 2.34. The van der Waals surface area contributed by atoms with E-state index in [9.17, 15) is 9.59 Å². The molecule has 0 spiro atoms. The average molecular weight is 340 g/mol. The Morgan fingerprint density at radius 2 is 1.56 bits per heavy atom. The summed E-state index contributed by atoms with van der Waals surface area (Å²) in [6.07, 6.45) is 4.64. The van der Waals surface area contributed by atoms with Gasteiger partial charge in [0, 0.05) is 16.8 Å². The largest absolute Gasteiger partial charge is 0.494 e. The van der Waals surface area contributed by atoms with E-state index in [1.807, 2.05) is 0 Å². The maximum atomic E-state index is 12.2. The molecule has 132 valence electrons. The van der Waals surface area contributed by atoms with Crippen molar-refractivity contribution in [3.63, 3.8) is 0 Å². The first-order chi connectivity index (χ1) is 12.1. The molecule has 0 bridgehead atoms. The smallest absolute Gasteiger partial charge is 0.255 e. The zero-order valence-electron chi connectivity index (χ0n) is 14.5. The van der Waals surface area contributed by atoms with Crippen molar-refractivity contribution in [3.8, 4) is 5.75 Å². The second-order valence-corrected chi connectivity index (χ2v) is 5.83. The minimum atomic E-state index is -0.497. The first-order valence-electron chi connectivity index (χ1n) is 8.54. The van der Waals surface area contributed by atoms with Gasteiger partial charge < -0.3 is 15.8 Å². The fourth-order valence-electron chi connectivity index (χ4n) is 2.34. The Kier molecular flexibility index (Phi) is 7.01. The molecule has 0 radical (unpaired) electrons. The summed E-state index contributed by atoms with van der Waals surface area (Å²) in [5, 5.41) is 2.78. The van der Waals surface area contributed by atoms with Gasteiger partial charge in [-0.2, -0.15) is 0 Å². The van der Waals surface area contributed by atoms with Crippen LogP contribution in [0.4, 0.5) is 5.69 Å². The Labute approximate surface area is 148 Å². The van der Waals surface area contributed by atoms with E-state index in [0.29, 0.717) is 23.4 Å². The molecule has 0 aromatic heterocycles. The van der Waals surface area contributed by atoms with E-state index in [-0.39, 0.29) is 5.91 Å². The molecule has 3 N–H and O–H groups in total. The lowest BCUT2D eigenvalue weighted by molar-refractivity contribution is 0.0998. The van der Waals surface area contributed by atoms with Crippen molar-refractivity contribution in [2.24, 2.45) is 5.73 Å². The second-order valence-electron chi connectivity index (χ2n) is 5.83. The maximum Gasteiger partial charge on any atom is 0.255 e. The predicted molar refractivity (Wildman–Crippen MR) is 99.0 cm³/mol. The number of amides is 2. The molecule has 0 atom stereocenters. The molecule has 0 heterocycles. The highest BCUT2D eigenvalue weighted by atomic mass is 16.5. The van der Waals surface area contributed by atoms with Gasteiger partial charge in [-0.15, -0.1) is 0 Å². The van der Waals surface area contributed by atoms with Gasteiger partial charge in [0.25, 0.3) is 5.91 Å². The predicted octanol–water partition coefficient (Wildman–Crippen LogP) is 4.00. The first kappa shape index (κ1) is 18.5. The quantitative estimate of drug-likeness (QED) is 0.677. The summed E-state index contributed by atoms with van der Waals surface area (Å²) in [6, 6.07) is 13.5. The molecule has 25 heavy (non-hydrogen) atoms. The molecule has 0 fully saturated rings. The van der Waals surface area contributed by atoms with Crippen LogP contribution in [0.2, 0.25) is 0 Å². The standard InChI is InChI=1S/C20H24N2O3/c1-2-3-4-5-14-25-18-12-8-16(9-13-18)20(24)22-17-10-6-15(7-11-17)19(21)23/h6-13H,2-5,14H2,1H3,(H2,21,23)(H,22,24). The maximum absolute atomic E-state index is 12.2. The highest BCUT2D eigenvalue weighted by Gasteiger charge is 2.07. The van der Waals surface area contributed by atoms with E-state index < -0.39 is 5.91 Å². The van der Waals surface area contributed by atoms with Crippen molar-refractivity contribution >= 4 is 17.5 Å². The number of primary amides is 1. The van der Waals surface area contributed by atoms with Gasteiger partial charge in [0.05, 0.1) is 6.61 Å². The molecule has 0 saturated heterocycles. The molecule has 0 aliphatic rings. The normalized spacial score (nSPS) is 10.3. The van der Waals surface area contributed by atoms with Gasteiger partial charge in [0.15, 0.2) is 0 Å². The Morgan fingerprint density at radius 1 is 0.920 bits per heavy atom. The Morgan fingerprint density at radius 3 is 2.16 bits per heavy atom. The van der Waals surface area contributed by atoms with E-state index in [1.54, 1.807) is 48.5 Å². The van der Waals surface area contributed by atoms with Gasteiger partial charge in [-0.25, -0.2) is 0 Å².